The Morgan fingerprint density at radius 1 is 1.53 bits per heavy atom. The van der Waals surface area contributed by atoms with Gasteiger partial charge in [0.15, 0.2) is 0 Å². The Hall–Kier alpha value is -1.04. The largest absolute Gasteiger partial charge is 0.468 e. The number of hydrogen-bond acceptors (Lipinski definition) is 3. The first-order chi connectivity index (χ1) is 8.54. The van der Waals surface area contributed by atoms with Crippen LogP contribution < -0.4 is 5.73 Å². The number of carbonyl (C=O) groups is 1. The number of nitrogens with two attached hydrogens (primary N) is 1. The number of benzene rings is 1. The summed E-state index contributed by atoms with van der Waals surface area (Å²) in [6, 6.07) is 3.40. The Balaban J connectivity index is 0.00000180. The third kappa shape index (κ3) is 3.11. The molecule has 0 amide bonds. The molecule has 1 aromatic carbocycles. The van der Waals surface area contributed by atoms with Crippen LogP contribution in [-0.4, -0.2) is 24.1 Å². The van der Waals surface area contributed by atoms with Crippen LogP contribution in [0.2, 0.25) is 0 Å². The molecule has 4 nitrogen and oxygen atoms in total. The predicted octanol–water partition coefficient (Wildman–Crippen LogP) is 2.70. The van der Waals surface area contributed by atoms with Crippen LogP contribution >= 0.6 is 28.3 Å². The van der Waals surface area contributed by atoms with E-state index in [2.05, 4.69) is 25.7 Å². The lowest BCUT2D eigenvalue weighted by Crippen LogP contribution is -2.33. The fourth-order valence-electron chi connectivity index (χ4n) is 2.05. The molecular formula is C13H16BrClN2O2. The lowest BCUT2D eigenvalue weighted by Gasteiger charge is -2.09. The van der Waals surface area contributed by atoms with Crippen LogP contribution in [0.5, 0.6) is 0 Å². The number of fused-ring (bicyclic) bond motifs is 1. The van der Waals surface area contributed by atoms with Crippen molar-refractivity contribution in [3.05, 3.63) is 33.9 Å². The average Bonchev–Trinajstić information content (AvgIpc) is 2.78. The highest BCUT2D eigenvalue weighted by Crippen LogP contribution is 2.29. The number of halogens is 2. The number of ether oxygens (including phenoxy) is 1. The van der Waals surface area contributed by atoms with Crippen molar-refractivity contribution < 1.29 is 9.53 Å². The van der Waals surface area contributed by atoms with Gasteiger partial charge in [0.25, 0.3) is 0 Å². The number of methoxy groups -OCH3 is 1. The molecule has 0 saturated carbocycles. The summed E-state index contributed by atoms with van der Waals surface area (Å²) in [4.78, 5) is 14.6. The molecule has 1 atom stereocenters. The minimum atomic E-state index is -0.638. The van der Waals surface area contributed by atoms with Gasteiger partial charge in [0, 0.05) is 28.0 Å². The number of esters is 1. The summed E-state index contributed by atoms with van der Waals surface area (Å²) >= 11 is 3.53. The Bertz CT molecular complexity index is 598. The van der Waals surface area contributed by atoms with Gasteiger partial charge in [-0.15, -0.1) is 12.4 Å². The maximum atomic E-state index is 11.4. The normalized spacial score (nSPS) is 12.0. The van der Waals surface area contributed by atoms with Gasteiger partial charge in [-0.05, 0) is 24.1 Å². The molecule has 0 aliphatic rings. The van der Waals surface area contributed by atoms with Gasteiger partial charge in [-0.25, -0.2) is 0 Å². The molecule has 0 saturated heterocycles. The molecule has 2 rings (SSSR count). The summed E-state index contributed by atoms with van der Waals surface area (Å²) < 4.78 is 5.64. The third-order valence-electron chi connectivity index (χ3n) is 3.02. The van der Waals surface area contributed by atoms with Crippen molar-refractivity contribution in [3.63, 3.8) is 0 Å². The number of aromatic amines is 1. The van der Waals surface area contributed by atoms with Crippen molar-refractivity contribution >= 4 is 45.2 Å². The monoisotopic (exact) mass is 346 g/mol. The molecule has 6 heteroatoms. The van der Waals surface area contributed by atoms with Gasteiger partial charge in [0.05, 0.1) is 7.11 Å². The van der Waals surface area contributed by atoms with Crippen molar-refractivity contribution in [2.45, 2.75) is 19.4 Å². The quantitative estimate of drug-likeness (QED) is 0.839. The zero-order valence-corrected chi connectivity index (χ0v) is 13.1. The molecule has 19 heavy (non-hydrogen) atoms. The molecule has 0 spiro atoms. The maximum absolute atomic E-state index is 11.4. The third-order valence-corrected chi connectivity index (χ3v) is 3.68. The number of rotatable bonds is 3. The van der Waals surface area contributed by atoms with Crippen LogP contribution in [0.15, 0.2) is 22.8 Å². The maximum Gasteiger partial charge on any atom is 0.322 e. The topological polar surface area (TPSA) is 68.1 Å². The summed E-state index contributed by atoms with van der Waals surface area (Å²) in [6.45, 7) is 2.04. The summed E-state index contributed by atoms with van der Waals surface area (Å²) in [7, 11) is 1.34. The molecule has 0 aliphatic carbocycles. The first kappa shape index (κ1) is 16.0. The Morgan fingerprint density at radius 2 is 2.21 bits per heavy atom. The van der Waals surface area contributed by atoms with E-state index in [4.69, 9.17) is 5.73 Å². The van der Waals surface area contributed by atoms with Crippen LogP contribution in [0.25, 0.3) is 10.9 Å². The second-order valence-electron chi connectivity index (χ2n) is 4.26. The fraction of sp³-hybridized carbons (Fsp3) is 0.308. The van der Waals surface area contributed by atoms with Crippen LogP contribution in [-0.2, 0) is 16.0 Å². The van der Waals surface area contributed by atoms with E-state index in [1.165, 1.54) is 7.11 Å². The zero-order valence-electron chi connectivity index (χ0n) is 10.7. The van der Waals surface area contributed by atoms with Gasteiger partial charge in [-0.1, -0.05) is 22.0 Å². The smallest absolute Gasteiger partial charge is 0.322 e. The van der Waals surface area contributed by atoms with E-state index < -0.39 is 12.0 Å². The van der Waals surface area contributed by atoms with Gasteiger partial charge >= 0.3 is 5.97 Å². The van der Waals surface area contributed by atoms with Crippen molar-refractivity contribution in [2.24, 2.45) is 5.73 Å². The molecule has 0 bridgehead atoms. The SMILES string of the molecule is COC(=O)C(N)Cc1c[nH]c2c(C)ccc(Br)c12.Cl. The second kappa shape index (κ2) is 6.41. The summed E-state index contributed by atoms with van der Waals surface area (Å²) in [6.07, 6.45) is 2.35. The highest BCUT2D eigenvalue weighted by atomic mass is 79.9. The number of H-pyrrole nitrogens is 1. The molecule has 1 aromatic heterocycles. The summed E-state index contributed by atoms with van der Waals surface area (Å²) in [5.41, 5.74) is 9.03. The van der Waals surface area contributed by atoms with Gasteiger partial charge in [-0.3, -0.25) is 4.79 Å². The van der Waals surface area contributed by atoms with Gasteiger partial charge in [-0.2, -0.15) is 0 Å². The Morgan fingerprint density at radius 3 is 2.84 bits per heavy atom. The van der Waals surface area contributed by atoms with Crippen LogP contribution in [0.4, 0.5) is 0 Å². The zero-order chi connectivity index (χ0) is 13.3. The molecule has 2 aromatic rings. The predicted molar refractivity (Wildman–Crippen MR) is 81.7 cm³/mol. The van der Waals surface area contributed by atoms with E-state index in [0.717, 1.165) is 26.5 Å². The first-order valence-electron chi connectivity index (χ1n) is 5.63. The first-order valence-corrected chi connectivity index (χ1v) is 6.42. The van der Waals surface area contributed by atoms with Crippen LogP contribution in [0.3, 0.4) is 0 Å². The minimum absolute atomic E-state index is 0. The van der Waals surface area contributed by atoms with E-state index >= 15 is 0 Å². The number of aromatic nitrogens is 1. The Labute approximate surface area is 126 Å². The standard InChI is InChI=1S/C13H15BrN2O2.ClH/c1-7-3-4-9(14)11-8(6-16-12(7)11)5-10(15)13(17)18-2;/h3-4,6,10,16H,5,15H2,1-2H3;1H. The molecule has 0 fully saturated rings. The van der Waals surface area contributed by atoms with Gasteiger partial charge in [0.2, 0.25) is 0 Å². The van der Waals surface area contributed by atoms with E-state index in [9.17, 15) is 4.79 Å². The highest BCUT2D eigenvalue weighted by Gasteiger charge is 2.18. The van der Waals surface area contributed by atoms with Crippen molar-refractivity contribution in [1.29, 1.82) is 0 Å². The number of carbonyl (C=O) groups excluding carboxylic acids is 1. The minimum Gasteiger partial charge on any atom is -0.468 e. The van der Waals surface area contributed by atoms with Crippen molar-refractivity contribution in [3.8, 4) is 0 Å². The van der Waals surface area contributed by atoms with Crippen molar-refractivity contribution in [1.82, 2.24) is 4.98 Å². The van der Waals surface area contributed by atoms with E-state index in [1.54, 1.807) is 0 Å². The molecular weight excluding hydrogens is 332 g/mol. The molecule has 0 radical (unpaired) electrons. The molecule has 3 N–H and O–H groups in total. The van der Waals surface area contributed by atoms with E-state index in [-0.39, 0.29) is 12.4 Å². The Kier molecular flexibility index (Phi) is 5.40. The molecule has 1 unspecified atom stereocenters. The highest BCUT2D eigenvalue weighted by molar-refractivity contribution is 9.10. The van der Waals surface area contributed by atoms with Crippen molar-refractivity contribution in [2.75, 3.05) is 7.11 Å². The number of hydrogen-bond donors (Lipinski definition) is 2. The van der Waals surface area contributed by atoms with Gasteiger partial charge < -0.3 is 15.5 Å². The van der Waals surface area contributed by atoms with E-state index in [0.29, 0.717) is 6.42 Å². The average molecular weight is 348 g/mol. The summed E-state index contributed by atoms with van der Waals surface area (Å²) in [5, 5.41) is 1.08. The lowest BCUT2D eigenvalue weighted by atomic mass is 10.0. The molecule has 1 heterocycles. The van der Waals surface area contributed by atoms with Crippen LogP contribution in [0, 0.1) is 6.92 Å². The number of nitrogens with one attached hydrogen (secondary N) is 1. The van der Waals surface area contributed by atoms with E-state index in [1.807, 2.05) is 25.3 Å². The summed E-state index contributed by atoms with van der Waals surface area (Å²) in [5.74, 6) is -0.395. The molecule has 104 valence electrons. The fourth-order valence-corrected chi connectivity index (χ4v) is 2.63. The van der Waals surface area contributed by atoms with Gasteiger partial charge in [0.1, 0.15) is 6.04 Å². The lowest BCUT2D eigenvalue weighted by molar-refractivity contribution is -0.142. The van der Waals surface area contributed by atoms with Crippen LogP contribution in [0.1, 0.15) is 11.1 Å². The number of aryl methyl sites for hydroxylation is 1. The second-order valence-corrected chi connectivity index (χ2v) is 5.12. The molecule has 0 aliphatic heterocycles.